The Labute approximate surface area is 267 Å². The van der Waals surface area contributed by atoms with Gasteiger partial charge in [-0.1, -0.05) is 66.7 Å². The van der Waals surface area contributed by atoms with Crippen LogP contribution in [0.25, 0.3) is 0 Å². The Morgan fingerprint density at radius 2 is 1.24 bits per heavy atom. The number of nitrogens with zero attached hydrogens (tertiary/aromatic N) is 4. The Bertz CT molecular complexity index is 1590. The van der Waals surface area contributed by atoms with Crippen molar-refractivity contribution in [2.75, 3.05) is 7.11 Å². The van der Waals surface area contributed by atoms with Gasteiger partial charge in [0.2, 0.25) is 0 Å². The molecule has 8 nitrogen and oxygen atoms in total. The van der Waals surface area contributed by atoms with Gasteiger partial charge in [-0.15, -0.1) is 0 Å². The number of esters is 2. The molecule has 3 unspecified atom stereocenters. The molecular weight excluding hydrogens is 564 g/mol. The fourth-order valence-corrected chi connectivity index (χ4v) is 6.89. The Kier molecular flexibility index (Phi) is 9.48. The average molecular weight is 611 g/mol. The third-order valence-corrected chi connectivity index (χ3v) is 10.5. The van der Waals surface area contributed by atoms with Gasteiger partial charge in [-0.25, -0.2) is 0 Å². The summed E-state index contributed by atoms with van der Waals surface area (Å²) in [7, 11) is 1.43. The number of rotatable bonds is 11. The van der Waals surface area contributed by atoms with Crippen molar-refractivity contribution in [2.24, 2.45) is 54.0 Å². The zero-order chi connectivity index (χ0) is 33.2. The summed E-state index contributed by atoms with van der Waals surface area (Å²) in [6.45, 7) is 18.3. The first-order chi connectivity index (χ1) is 21.1. The first-order valence-electron chi connectivity index (χ1n) is 15.5. The zero-order valence-corrected chi connectivity index (χ0v) is 28.2. The van der Waals surface area contributed by atoms with Crippen LogP contribution in [0, 0.1) is 40.4 Å². The normalized spacial score (nSPS) is 19.8. The minimum Gasteiger partial charge on any atom is -0.469 e. The van der Waals surface area contributed by atoms with E-state index in [1.54, 1.807) is 12.1 Å². The van der Waals surface area contributed by atoms with E-state index in [1.165, 1.54) is 7.11 Å². The molecule has 0 amide bonds. The van der Waals surface area contributed by atoms with Gasteiger partial charge in [-0.05, 0) is 103 Å². The molecule has 1 saturated carbocycles. The number of benzene rings is 3. The molecule has 0 aliphatic heterocycles. The maximum Gasteiger partial charge on any atom is 0.318 e. The summed E-state index contributed by atoms with van der Waals surface area (Å²) >= 11 is 0. The molecule has 4 rings (SSSR count). The van der Waals surface area contributed by atoms with Crippen molar-refractivity contribution in [1.29, 1.82) is 0 Å². The van der Waals surface area contributed by atoms with Crippen LogP contribution in [0.1, 0.15) is 67.4 Å². The average Bonchev–Trinajstić information content (AvgIpc) is 3.63. The predicted octanol–water partition coefficient (Wildman–Crippen LogP) is 10.6. The summed E-state index contributed by atoms with van der Waals surface area (Å²) in [6, 6.07) is 22.3. The van der Waals surface area contributed by atoms with Crippen molar-refractivity contribution in [3.8, 4) is 5.75 Å². The second kappa shape index (κ2) is 12.7. The molecule has 0 aromatic heterocycles. The lowest BCUT2D eigenvalue weighted by Crippen LogP contribution is -2.52. The van der Waals surface area contributed by atoms with Crippen LogP contribution in [0.3, 0.4) is 0 Å². The van der Waals surface area contributed by atoms with Gasteiger partial charge in [0.05, 0.1) is 40.7 Å². The monoisotopic (exact) mass is 610 g/mol. The molecule has 1 aliphatic rings. The van der Waals surface area contributed by atoms with Crippen LogP contribution in [0.4, 0.5) is 22.7 Å². The summed E-state index contributed by atoms with van der Waals surface area (Å²) in [6.07, 6.45) is 0.670. The first-order valence-corrected chi connectivity index (χ1v) is 15.5. The van der Waals surface area contributed by atoms with Crippen LogP contribution in [-0.4, -0.2) is 19.0 Å². The zero-order valence-electron chi connectivity index (χ0n) is 28.2. The van der Waals surface area contributed by atoms with Gasteiger partial charge in [-0.2, -0.15) is 20.5 Å². The summed E-state index contributed by atoms with van der Waals surface area (Å²) in [5, 5.41) is 17.2. The molecule has 0 N–H and O–H groups in total. The highest BCUT2D eigenvalue weighted by Crippen LogP contribution is 2.75. The van der Waals surface area contributed by atoms with Gasteiger partial charge >= 0.3 is 11.9 Å². The van der Waals surface area contributed by atoms with Gasteiger partial charge in [0.1, 0.15) is 5.75 Å². The molecule has 8 heteroatoms. The van der Waals surface area contributed by atoms with Crippen molar-refractivity contribution in [3.63, 3.8) is 0 Å². The highest BCUT2D eigenvalue weighted by molar-refractivity contribution is 5.86. The number of hydrogen-bond donors (Lipinski definition) is 0. The molecule has 3 aromatic rings. The van der Waals surface area contributed by atoms with E-state index in [-0.39, 0.29) is 29.2 Å². The summed E-state index contributed by atoms with van der Waals surface area (Å²) in [4.78, 5) is 27.2. The van der Waals surface area contributed by atoms with E-state index in [2.05, 4.69) is 55.1 Å². The Balaban J connectivity index is 1.49. The predicted molar refractivity (Wildman–Crippen MR) is 177 cm³/mol. The number of carbonyl (C=O) groups is 2. The molecular formula is C37H46N4O4. The van der Waals surface area contributed by atoms with E-state index in [4.69, 9.17) is 9.47 Å². The van der Waals surface area contributed by atoms with Crippen molar-refractivity contribution in [2.45, 2.75) is 68.7 Å². The lowest BCUT2D eigenvalue weighted by Gasteiger charge is -2.49. The van der Waals surface area contributed by atoms with E-state index in [0.717, 1.165) is 11.3 Å². The van der Waals surface area contributed by atoms with Gasteiger partial charge in [0.25, 0.3) is 0 Å². The number of carbonyl (C=O) groups excluding carboxylic acids is 2. The molecule has 238 valence electrons. The summed E-state index contributed by atoms with van der Waals surface area (Å²) < 4.78 is 11.4. The fraction of sp³-hybridized carbons (Fsp3) is 0.459. The molecule has 45 heavy (non-hydrogen) atoms. The van der Waals surface area contributed by atoms with E-state index in [1.807, 2.05) is 88.4 Å². The Morgan fingerprint density at radius 1 is 0.778 bits per heavy atom. The third kappa shape index (κ3) is 6.33. The minimum atomic E-state index is -0.778. The first kappa shape index (κ1) is 33.7. The van der Waals surface area contributed by atoms with Crippen molar-refractivity contribution in [3.05, 3.63) is 78.4 Å². The maximum absolute atomic E-state index is 14.1. The minimum absolute atomic E-state index is 0.0150. The lowest BCUT2D eigenvalue weighted by atomic mass is 9.54. The molecule has 1 aliphatic carbocycles. The van der Waals surface area contributed by atoms with Crippen molar-refractivity contribution >= 4 is 34.7 Å². The van der Waals surface area contributed by atoms with E-state index < -0.39 is 16.2 Å². The van der Waals surface area contributed by atoms with Gasteiger partial charge in [-0.3, -0.25) is 9.59 Å². The molecule has 3 atom stereocenters. The Morgan fingerprint density at radius 3 is 1.69 bits per heavy atom. The van der Waals surface area contributed by atoms with Crippen LogP contribution in [-0.2, 0) is 14.3 Å². The van der Waals surface area contributed by atoms with Gasteiger partial charge in [0.15, 0.2) is 0 Å². The lowest BCUT2D eigenvalue weighted by molar-refractivity contribution is -0.170. The molecule has 0 radical (unpaired) electrons. The second-order valence-electron chi connectivity index (χ2n) is 13.9. The van der Waals surface area contributed by atoms with Crippen molar-refractivity contribution < 1.29 is 19.1 Å². The van der Waals surface area contributed by atoms with E-state index in [9.17, 15) is 9.59 Å². The van der Waals surface area contributed by atoms with Crippen LogP contribution in [0.5, 0.6) is 5.75 Å². The molecule has 3 aromatic carbocycles. The topological polar surface area (TPSA) is 102 Å². The third-order valence-electron chi connectivity index (χ3n) is 10.5. The van der Waals surface area contributed by atoms with Gasteiger partial charge < -0.3 is 9.47 Å². The smallest absolute Gasteiger partial charge is 0.318 e. The Hall–Kier alpha value is -4.20. The number of methoxy groups -OCH3 is 1. The molecule has 0 saturated heterocycles. The number of hydrogen-bond acceptors (Lipinski definition) is 8. The van der Waals surface area contributed by atoms with Crippen molar-refractivity contribution in [1.82, 2.24) is 0 Å². The van der Waals surface area contributed by atoms with Crippen LogP contribution < -0.4 is 4.74 Å². The highest BCUT2D eigenvalue weighted by Gasteiger charge is 2.76. The quantitative estimate of drug-likeness (QED) is 0.122. The van der Waals surface area contributed by atoms with Crippen LogP contribution in [0.2, 0.25) is 0 Å². The number of ether oxygens (including phenoxy) is 2. The van der Waals surface area contributed by atoms with Gasteiger partial charge in [0, 0.05) is 0 Å². The largest absolute Gasteiger partial charge is 0.469 e. The highest BCUT2D eigenvalue weighted by atomic mass is 16.5. The molecule has 0 heterocycles. The molecule has 0 bridgehead atoms. The van der Waals surface area contributed by atoms with Crippen LogP contribution in [0.15, 0.2) is 93.3 Å². The number of azo groups is 2. The van der Waals surface area contributed by atoms with Crippen LogP contribution >= 0.6 is 0 Å². The molecule has 0 spiro atoms. The van der Waals surface area contributed by atoms with E-state index in [0.29, 0.717) is 29.2 Å². The number of aryl methyl sites for hydroxylation is 1. The maximum atomic E-state index is 14.1. The summed E-state index contributed by atoms with van der Waals surface area (Å²) in [5.74, 6) is -0.206. The second-order valence-corrected chi connectivity index (χ2v) is 13.9. The molecule has 1 fully saturated rings. The SMILES string of the molecule is COC(=O)C(C)(C(C)C)C(C)C(C)(C)C1(C(=O)Oc2ccc(N=Nc3ccc(N=Nc4ccccc4)cc3)cc2C)CC1(C)C. The fourth-order valence-electron chi connectivity index (χ4n) is 6.89. The standard InChI is InChI=1S/C37H46N4O4/c1-24(2)36(9,32(42)44-10)26(4)35(7,8)37(23-34(37,5)6)33(43)45-31-21-20-30(22-25(31)3)41-40-29-18-16-28(17-19-29)39-38-27-14-12-11-13-15-27/h11-22,24,26H,23H2,1-10H3. The van der Waals surface area contributed by atoms with E-state index >= 15 is 0 Å². The summed E-state index contributed by atoms with van der Waals surface area (Å²) in [5.41, 5.74) is 1.18.